The highest BCUT2D eigenvalue weighted by molar-refractivity contribution is 9.10. The number of hydrogen-bond acceptors (Lipinski definition) is 2. The molecule has 0 fully saturated rings. The molecule has 19 heavy (non-hydrogen) atoms. The summed E-state index contributed by atoms with van der Waals surface area (Å²) in [5.41, 5.74) is 2.12. The normalized spacial score (nSPS) is 12.6. The van der Waals surface area contributed by atoms with Crippen LogP contribution in [0.2, 0.25) is 0 Å². The first-order chi connectivity index (χ1) is 9.11. The third kappa shape index (κ3) is 3.42. The Bertz CT molecular complexity index is 553. The van der Waals surface area contributed by atoms with E-state index in [1.165, 1.54) is 11.8 Å². The first-order valence-electron chi connectivity index (χ1n) is 6.21. The summed E-state index contributed by atoms with van der Waals surface area (Å²) >= 11 is 3.48. The molecule has 0 aliphatic rings. The van der Waals surface area contributed by atoms with Gasteiger partial charge < -0.3 is 5.32 Å². The molecular weight excluding hydrogens is 309 g/mol. The van der Waals surface area contributed by atoms with Crippen molar-refractivity contribution < 1.29 is 4.39 Å². The lowest BCUT2D eigenvalue weighted by molar-refractivity contribution is 0.528. The lowest BCUT2D eigenvalue weighted by Gasteiger charge is -2.18. The molecule has 1 N–H and O–H groups in total. The van der Waals surface area contributed by atoms with Gasteiger partial charge in [-0.2, -0.15) is 5.10 Å². The predicted octanol–water partition coefficient (Wildman–Crippen LogP) is 3.22. The topological polar surface area (TPSA) is 29.9 Å². The van der Waals surface area contributed by atoms with Crippen LogP contribution in [0.3, 0.4) is 0 Å². The minimum absolute atomic E-state index is 0.111. The summed E-state index contributed by atoms with van der Waals surface area (Å²) in [6, 6.07) is 6.91. The van der Waals surface area contributed by atoms with Crippen LogP contribution in [0.1, 0.15) is 23.7 Å². The van der Waals surface area contributed by atoms with E-state index >= 15 is 0 Å². The molecule has 1 heterocycles. The minimum atomic E-state index is -0.209. The monoisotopic (exact) mass is 325 g/mol. The van der Waals surface area contributed by atoms with Gasteiger partial charge in [0.2, 0.25) is 0 Å². The zero-order chi connectivity index (χ0) is 13.8. The molecule has 1 unspecified atom stereocenters. The average Bonchev–Trinajstić information content (AvgIpc) is 2.80. The van der Waals surface area contributed by atoms with Gasteiger partial charge in [-0.1, -0.05) is 15.9 Å². The Labute approximate surface area is 121 Å². The molecule has 2 aromatic rings. The number of halogens is 2. The van der Waals surface area contributed by atoms with Crippen molar-refractivity contribution in [2.45, 2.75) is 18.9 Å². The van der Waals surface area contributed by atoms with Crippen LogP contribution in [0.4, 0.5) is 4.39 Å². The van der Waals surface area contributed by atoms with Crippen LogP contribution in [0.5, 0.6) is 0 Å². The minimum Gasteiger partial charge on any atom is -0.313 e. The number of aryl methyl sites for hydroxylation is 2. The van der Waals surface area contributed by atoms with E-state index in [0.29, 0.717) is 0 Å². The van der Waals surface area contributed by atoms with E-state index in [0.717, 1.165) is 22.9 Å². The summed E-state index contributed by atoms with van der Waals surface area (Å²) in [4.78, 5) is 0. The van der Waals surface area contributed by atoms with Gasteiger partial charge in [-0.15, -0.1) is 0 Å². The van der Waals surface area contributed by atoms with E-state index in [-0.39, 0.29) is 11.9 Å². The van der Waals surface area contributed by atoms with Crippen molar-refractivity contribution in [3.05, 3.63) is 52.0 Å². The van der Waals surface area contributed by atoms with Gasteiger partial charge in [0, 0.05) is 29.5 Å². The van der Waals surface area contributed by atoms with Gasteiger partial charge in [0.1, 0.15) is 5.82 Å². The van der Waals surface area contributed by atoms with Crippen LogP contribution in [-0.2, 0) is 13.5 Å². The van der Waals surface area contributed by atoms with Crippen LogP contribution >= 0.6 is 15.9 Å². The quantitative estimate of drug-likeness (QED) is 0.914. The average molecular weight is 326 g/mol. The first-order valence-corrected chi connectivity index (χ1v) is 7.00. The highest BCUT2D eigenvalue weighted by Gasteiger charge is 2.14. The smallest absolute Gasteiger partial charge is 0.123 e. The number of hydrogen-bond donors (Lipinski definition) is 1. The molecule has 0 saturated carbocycles. The van der Waals surface area contributed by atoms with Crippen molar-refractivity contribution in [2.75, 3.05) is 7.05 Å². The Morgan fingerprint density at radius 1 is 1.42 bits per heavy atom. The summed E-state index contributed by atoms with van der Waals surface area (Å²) in [6.45, 7) is 0. The fourth-order valence-electron chi connectivity index (χ4n) is 2.18. The molecule has 0 radical (unpaired) electrons. The van der Waals surface area contributed by atoms with Crippen LogP contribution in [-0.4, -0.2) is 16.8 Å². The number of nitrogens with one attached hydrogen (secondary N) is 1. The van der Waals surface area contributed by atoms with Crippen molar-refractivity contribution in [1.82, 2.24) is 15.1 Å². The molecule has 0 saturated heterocycles. The largest absolute Gasteiger partial charge is 0.313 e. The molecule has 0 aliphatic carbocycles. The Morgan fingerprint density at radius 2 is 2.21 bits per heavy atom. The van der Waals surface area contributed by atoms with E-state index in [9.17, 15) is 4.39 Å². The standard InChI is InChI=1S/C14H17BrFN3/c1-17-14(6-4-11-7-8-18-19(11)2)12-9-10(16)3-5-13(12)15/h3,5,7-9,14,17H,4,6H2,1-2H3. The fraction of sp³-hybridized carbons (Fsp3) is 0.357. The van der Waals surface area contributed by atoms with Crippen molar-refractivity contribution >= 4 is 15.9 Å². The molecule has 2 rings (SSSR count). The summed E-state index contributed by atoms with van der Waals surface area (Å²) in [6.07, 6.45) is 3.57. The van der Waals surface area contributed by atoms with Gasteiger partial charge in [-0.05, 0) is 49.7 Å². The number of benzene rings is 1. The maximum atomic E-state index is 13.4. The maximum Gasteiger partial charge on any atom is 0.123 e. The first kappa shape index (κ1) is 14.2. The summed E-state index contributed by atoms with van der Waals surface area (Å²) in [7, 11) is 3.83. The van der Waals surface area contributed by atoms with Gasteiger partial charge in [-0.25, -0.2) is 4.39 Å². The molecule has 0 bridgehead atoms. The van der Waals surface area contributed by atoms with E-state index in [1.54, 1.807) is 18.3 Å². The second-order valence-electron chi connectivity index (χ2n) is 4.49. The highest BCUT2D eigenvalue weighted by atomic mass is 79.9. The lowest BCUT2D eigenvalue weighted by atomic mass is 10.0. The molecule has 1 atom stereocenters. The molecule has 3 nitrogen and oxygen atoms in total. The number of nitrogens with zero attached hydrogens (tertiary/aromatic N) is 2. The third-order valence-electron chi connectivity index (χ3n) is 3.29. The second kappa shape index (κ2) is 6.30. The molecule has 0 aliphatic heterocycles. The number of rotatable bonds is 5. The fourth-order valence-corrected chi connectivity index (χ4v) is 2.70. The lowest BCUT2D eigenvalue weighted by Crippen LogP contribution is -2.18. The van der Waals surface area contributed by atoms with E-state index in [2.05, 4.69) is 26.3 Å². The molecule has 0 spiro atoms. The highest BCUT2D eigenvalue weighted by Crippen LogP contribution is 2.27. The summed E-state index contributed by atoms with van der Waals surface area (Å²) in [5, 5.41) is 7.39. The zero-order valence-corrected chi connectivity index (χ0v) is 12.6. The molecule has 5 heteroatoms. The summed E-state index contributed by atoms with van der Waals surface area (Å²) < 4.78 is 16.2. The Kier molecular flexibility index (Phi) is 4.71. The van der Waals surface area contributed by atoms with Crippen molar-refractivity contribution in [3.8, 4) is 0 Å². The van der Waals surface area contributed by atoms with Gasteiger partial charge in [0.15, 0.2) is 0 Å². The van der Waals surface area contributed by atoms with Crippen LogP contribution in [0.15, 0.2) is 34.9 Å². The van der Waals surface area contributed by atoms with Gasteiger partial charge >= 0.3 is 0 Å². The van der Waals surface area contributed by atoms with Crippen LogP contribution in [0.25, 0.3) is 0 Å². The van der Waals surface area contributed by atoms with Crippen LogP contribution in [0, 0.1) is 5.82 Å². The Balaban J connectivity index is 2.12. The molecule has 1 aromatic carbocycles. The van der Waals surface area contributed by atoms with E-state index in [4.69, 9.17) is 0 Å². The van der Waals surface area contributed by atoms with E-state index < -0.39 is 0 Å². The van der Waals surface area contributed by atoms with E-state index in [1.807, 2.05) is 24.8 Å². The Hall–Kier alpha value is -1.20. The maximum absolute atomic E-state index is 13.4. The van der Waals surface area contributed by atoms with Crippen LogP contribution < -0.4 is 5.32 Å². The molecule has 102 valence electrons. The molecule has 1 aromatic heterocycles. The SMILES string of the molecule is CNC(CCc1ccnn1C)c1cc(F)ccc1Br. The predicted molar refractivity (Wildman–Crippen MR) is 77.4 cm³/mol. The third-order valence-corrected chi connectivity index (χ3v) is 4.02. The van der Waals surface area contributed by atoms with Gasteiger partial charge in [0.05, 0.1) is 0 Å². The van der Waals surface area contributed by atoms with Crippen molar-refractivity contribution in [1.29, 1.82) is 0 Å². The molecular formula is C14H17BrFN3. The van der Waals surface area contributed by atoms with Gasteiger partial charge in [-0.3, -0.25) is 4.68 Å². The Morgan fingerprint density at radius 3 is 2.84 bits per heavy atom. The summed E-state index contributed by atoms with van der Waals surface area (Å²) in [5.74, 6) is -0.209. The second-order valence-corrected chi connectivity index (χ2v) is 5.35. The zero-order valence-electron chi connectivity index (χ0n) is 11.0. The van der Waals surface area contributed by atoms with Crippen molar-refractivity contribution in [3.63, 3.8) is 0 Å². The van der Waals surface area contributed by atoms with Gasteiger partial charge in [0.25, 0.3) is 0 Å². The number of aromatic nitrogens is 2. The van der Waals surface area contributed by atoms with Crippen molar-refractivity contribution in [2.24, 2.45) is 7.05 Å². The molecule has 0 amide bonds.